The molecule has 0 aromatic rings. The largest absolute Gasteiger partial charge is 0.483 e. The van der Waals surface area contributed by atoms with Crippen LogP contribution in [0.25, 0.3) is 0 Å². The maximum Gasteiger partial charge on any atom is 0.290 e. The standard InChI is InChI=1S/C11H20.CH2O2/c1-2-6-10(7-3-1)11-8-4-5-9-11;2-1-3/h10-11H,1-9H2;1H,(H,2,3). The maximum absolute atomic E-state index is 8.36. The molecule has 0 aromatic carbocycles. The molecule has 2 fully saturated rings. The van der Waals surface area contributed by atoms with Gasteiger partial charge in [-0.05, 0) is 11.8 Å². The quantitative estimate of drug-likeness (QED) is 0.655. The lowest BCUT2D eigenvalue weighted by Crippen LogP contribution is -2.14. The van der Waals surface area contributed by atoms with Crippen LogP contribution >= 0.6 is 0 Å². The van der Waals surface area contributed by atoms with Crippen LogP contribution in [0.2, 0.25) is 0 Å². The summed E-state index contributed by atoms with van der Waals surface area (Å²) in [5, 5.41) is 6.89. The van der Waals surface area contributed by atoms with Crippen LogP contribution in [0.5, 0.6) is 0 Å². The first-order chi connectivity index (χ1) is 6.88. The molecule has 0 radical (unpaired) electrons. The van der Waals surface area contributed by atoms with Crippen molar-refractivity contribution in [1.82, 2.24) is 0 Å². The van der Waals surface area contributed by atoms with Crippen LogP contribution in [0.3, 0.4) is 0 Å². The van der Waals surface area contributed by atoms with E-state index in [-0.39, 0.29) is 6.47 Å². The van der Waals surface area contributed by atoms with Crippen LogP contribution < -0.4 is 0 Å². The lowest BCUT2D eigenvalue weighted by Gasteiger charge is -2.26. The predicted octanol–water partition coefficient (Wildman–Crippen LogP) is 3.46. The first-order valence-electron chi connectivity index (χ1n) is 5.96. The van der Waals surface area contributed by atoms with Crippen LogP contribution in [0.1, 0.15) is 57.8 Å². The second kappa shape index (κ2) is 6.86. The molecular weight excluding hydrogens is 176 g/mol. The van der Waals surface area contributed by atoms with Gasteiger partial charge in [0.25, 0.3) is 6.47 Å². The highest BCUT2D eigenvalue weighted by atomic mass is 16.3. The van der Waals surface area contributed by atoms with E-state index in [0.29, 0.717) is 0 Å². The Balaban J connectivity index is 0.000000293. The summed E-state index contributed by atoms with van der Waals surface area (Å²) in [7, 11) is 0. The lowest BCUT2D eigenvalue weighted by molar-refractivity contribution is -0.122. The third-order valence-corrected chi connectivity index (χ3v) is 3.72. The van der Waals surface area contributed by atoms with Gasteiger partial charge in [0, 0.05) is 0 Å². The van der Waals surface area contributed by atoms with E-state index in [1.807, 2.05) is 0 Å². The first kappa shape index (κ1) is 11.5. The van der Waals surface area contributed by atoms with Gasteiger partial charge in [0.15, 0.2) is 0 Å². The molecule has 14 heavy (non-hydrogen) atoms. The second-order valence-electron chi connectivity index (χ2n) is 4.55. The van der Waals surface area contributed by atoms with Gasteiger partial charge in [-0.1, -0.05) is 57.8 Å². The topological polar surface area (TPSA) is 37.3 Å². The normalized spacial score (nSPS) is 24.0. The molecule has 1 N–H and O–H groups in total. The van der Waals surface area contributed by atoms with Crippen molar-refractivity contribution in [2.75, 3.05) is 0 Å². The van der Waals surface area contributed by atoms with Gasteiger partial charge in [0.1, 0.15) is 0 Å². The fourth-order valence-corrected chi connectivity index (χ4v) is 3.03. The van der Waals surface area contributed by atoms with E-state index >= 15 is 0 Å². The molecule has 2 aliphatic rings. The molecule has 0 aliphatic heterocycles. The van der Waals surface area contributed by atoms with Gasteiger partial charge in [-0.3, -0.25) is 4.79 Å². The summed E-state index contributed by atoms with van der Waals surface area (Å²) in [6.45, 7) is -0.250. The molecule has 0 bridgehead atoms. The fourth-order valence-electron chi connectivity index (χ4n) is 3.03. The predicted molar refractivity (Wildman–Crippen MR) is 57.2 cm³/mol. The Hall–Kier alpha value is -0.530. The van der Waals surface area contributed by atoms with E-state index in [1.54, 1.807) is 25.7 Å². The molecule has 2 aliphatic carbocycles. The number of hydrogen-bond donors (Lipinski definition) is 1. The van der Waals surface area contributed by atoms with Gasteiger partial charge >= 0.3 is 0 Å². The Morgan fingerprint density at radius 2 is 1.07 bits per heavy atom. The minimum atomic E-state index is -0.250. The molecule has 82 valence electrons. The molecule has 0 saturated heterocycles. The van der Waals surface area contributed by atoms with Crippen molar-refractivity contribution in [1.29, 1.82) is 0 Å². The minimum Gasteiger partial charge on any atom is -0.483 e. The van der Waals surface area contributed by atoms with E-state index in [4.69, 9.17) is 9.90 Å². The van der Waals surface area contributed by atoms with Gasteiger partial charge in [0.05, 0.1) is 0 Å². The summed E-state index contributed by atoms with van der Waals surface area (Å²) >= 11 is 0. The fraction of sp³-hybridized carbons (Fsp3) is 0.917. The maximum atomic E-state index is 8.36. The van der Waals surface area contributed by atoms with Crippen molar-refractivity contribution in [3.63, 3.8) is 0 Å². The number of hydrogen-bond acceptors (Lipinski definition) is 1. The van der Waals surface area contributed by atoms with E-state index in [1.165, 1.54) is 32.1 Å². The summed E-state index contributed by atoms with van der Waals surface area (Å²) < 4.78 is 0. The first-order valence-corrected chi connectivity index (χ1v) is 5.96. The van der Waals surface area contributed by atoms with Crippen LogP contribution in [0.4, 0.5) is 0 Å². The SMILES string of the molecule is C1CCC(C2CCCC2)CC1.O=CO. The zero-order chi connectivity index (χ0) is 10.2. The molecular formula is C12H22O2. The van der Waals surface area contributed by atoms with E-state index < -0.39 is 0 Å². The Kier molecular flexibility index (Phi) is 5.65. The third kappa shape index (κ3) is 3.69. The van der Waals surface area contributed by atoms with E-state index in [9.17, 15) is 0 Å². The second-order valence-corrected chi connectivity index (χ2v) is 4.55. The average molecular weight is 198 g/mol. The number of carbonyl (C=O) groups is 1. The van der Waals surface area contributed by atoms with Gasteiger partial charge in [-0.25, -0.2) is 0 Å². The summed E-state index contributed by atoms with van der Waals surface area (Å²) in [6, 6.07) is 0. The smallest absolute Gasteiger partial charge is 0.290 e. The minimum absolute atomic E-state index is 0.250. The average Bonchev–Trinajstić information content (AvgIpc) is 2.73. The highest BCUT2D eigenvalue weighted by molar-refractivity contribution is 5.32. The highest BCUT2D eigenvalue weighted by Gasteiger charge is 2.25. The summed E-state index contributed by atoms with van der Waals surface area (Å²) in [6.07, 6.45) is 13.9. The zero-order valence-electron chi connectivity index (χ0n) is 8.95. The third-order valence-electron chi connectivity index (χ3n) is 3.72. The van der Waals surface area contributed by atoms with Crippen LogP contribution in [-0.2, 0) is 4.79 Å². The van der Waals surface area contributed by atoms with Gasteiger partial charge < -0.3 is 5.11 Å². The Labute approximate surface area is 86.7 Å². The monoisotopic (exact) mass is 198 g/mol. The number of rotatable bonds is 1. The van der Waals surface area contributed by atoms with Crippen molar-refractivity contribution in [2.24, 2.45) is 11.8 Å². The van der Waals surface area contributed by atoms with Crippen molar-refractivity contribution in [2.45, 2.75) is 57.8 Å². The summed E-state index contributed by atoms with van der Waals surface area (Å²) in [5.41, 5.74) is 0. The van der Waals surface area contributed by atoms with Crippen LogP contribution in [0.15, 0.2) is 0 Å². The van der Waals surface area contributed by atoms with Gasteiger partial charge in [-0.2, -0.15) is 0 Å². The van der Waals surface area contributed by atoms with Crippen molar-refractivity contribution in [3.8, 4) is 0 Å². The van der Waals surface area contributed by atoms with Crippen LogP contribution in [-0.4, -0.2) is 11.6 Å². The van der Waals surface area contributed by atoms with E-state index in [0.717, 1.165) is 11.8 Å². The van der Waals surface area contributed by atoms with Crippen LogP contribution in [0, 0.1) is 11.8 Å². The molecule has 0 heterocycles. The molecule has 2 heteroatoms. The van der Waals surface area contributed by atoms with Gasteiger partial charge in [0.2, 0.25) is 0 Å². The molecule has 2 nitrogen and oxygen atoms in total. The van der Waals surface area contributed by atoms with Crippen molar-refractivity contribution in [3.05, 3.63) is 0 Å². The zero-order valence-corrected chi connectivity index (χ0v) is 8.95. The Morgan fingerprint density at radius 3 is 1.43 bits per heavy atom. The van der Waals surface area contributed by atoms with E-state index in [2.05, 4.69) is 0 Å². The molecule has 0 amide bonds. The highest BCUT2D eigenvalue weighted by Crippen LogP contribution is 2.38. The molecule has 0 aromatic heterocycles. The molecule has 0 unspecified atom stereocenters. The van der Waals surface area contributed by atoms with Gasteiger partial charge in [-0.15, -0.1) is 0 Å². The summed E-state index contributed by atoms with van der Waals surface area (Å²) in [5.74, 6) is 2.29. The molecule has 2 rings (SSSR count). The lowest BCUT2D eigenvalue weighted by atomic mass is 9.79. The molecule has 0 atom stereocenters. The Morgan fingerprint density at radius 1 is 0.786 bits per heavy atom. The Bertz CT molecular complexity index is 144. The molecule has 0 spiro atoms. The van der Waals surface area contributed by atoms with Crippen molar-refractivity contribution >= 4 is 6.47 Å². The summed E-state index contributed by atoms with van der Waals surface area (Å²) in [4.78, 5) is 8.36. The molecule has 2 saturated carbocycles. The number of carboxylic acid groups (broad SMARTS) is 1. The van der Waals surface area contributed by atoms with Crippen molar-refractivity contribution < 1.29 is 9.90 Å².